The van der Waals surface area contributed by atoms with Crippen LogP contribution in [0.5, 0.6) is 5.75 Å². The lowest BCUT2D eigenvalue weighted by atomic mass is 10.1. The molecule has 1 aromatic carbocycles. The van der Waals surface area contributed by atoms with Crippen molar-refractivity contribution in [3.8, 4) is 5.75 Å². The smallest absolute Gasteiger partial charge is 0.373 e. The van der Waals surface area contributed by atoms with Crippen molar-refractivity contribution in [3.05, 3.63) is 41.7 Å². The second kappa shape index (κ2) is 8.57. The number of allylic oxidation sites excluding steroid dienone is 1. The van der Waals surface area contributed by atoms with Crippen LogP contribution in [0.2, 0.25) is 0 Å². The summed E-state index contributed by atoms with van der Waals surface area (Å²) in [6, 6.07) is 5.97. The van der Waals surface area contributed by atoms with E-state index in [1.165, 1.54) is 29.2 Å². The van der Waals surface area contributed by atoms with Gasteiger partial charge in [0.15, 0.2) is 12.4 Å². The van der Waals surface area contributed by atoms with Crippen LogP contribution in [-0.4, -0.2) is 55.0 Å². The molecule has 7 heteroatoms. The Morgan fingerprint density at radius 2 is 1.78 bits per heavy atom. The fourth-order valence-electron chi connectivity index (χ4n) is 1.46. The molecule has 1 rings (SSSR count). The van der Waals surface area contributed by atoms with E-state index in [2.05, 4.69) is 4.74 Å². The number of hydrogen-bond donors (Lipinski definition) is 1. The molecule has 124 valence electrons. The number of aliphatic hydroxyl groups is 1. The number of ether oxygens (including phenoxy) is 2. The van der Waals surface area contributed by atoms with Crippen molar-refractivity contribution in [2.45, 2.75) is 6.92 Å². The molecule has 0 saturated heterocycles. The predicted octanol–water partition coefficient (Wildman–Crippen LogP) is 1.34. The van der Waals surface area contributed by atoms with Crippen LogP contribution in [-0.2, 0) is 14.3 Å². The van der Waals surface area contributed by atoms with Crippen molar-refractivity contribution < 1.29 is 29.0 Å². The molecule has 0 aliphatic rings. The number of nitrogens with zero attached hydrogens (tertiary/aromatic N) is 1. The lowest BCUT2D eigenvalue weighted by molar-refractivity contribution is -0.141. The molecule has 0 heterocycles. The molecule has 23 heavy (non-hydrogen) atoms. The minimum Gasteiger partial charge on any atom is -0.502 e. The largest absolute Gasteiger partial charge is 0.502 e. The molecule has 0 spiro atoms. The van der Waals surface area contributed by atoms with Gasteiger partial charge in [-0.05, 0) is 31.2 Å². The first-order valence-corrected chi connectivity index (χ1v) is 6.90. The van der Waals surface area contributed by atoms with Crippen molar-refractivity contribution in [1.82, 2.24) is 4.90 Å². The maximum Gasteiger partial charge on any atom is 0.373 e. The third-order valence-corrected chi connectivity index (χ3v) is 2.75. The van der Waals surface area contributed by atoms with Crippen molar-refractivity contribution in [2.75, 3.05) is 27.3 Å². The van der Waals surface area contributed by atoms with E-state index in [1.54, 1.807) is 21.0 Å². The highest BCUT2D eigenvalue weighted by molar-refractivity contribution is 6.07. The van der Waals surface area contributed by atoms with Crippen LogP contribution < -0.4 is 4.74 Å². The Labute approximate surface area is 134 Å². The molecule has 0 aliphatic heterocycles. The summed E-state index contributed by atoms with van der Waals surface area (Å²) in [6.45, 7) is 1.58. The minimum absolute atomic E-state index is 0.0998. The van der Waals surface area contributed by atoms with Crippen molar-refractivity contribution >= 4 is 17.7 Å². The van der Waals surface area contributed by atoms with Gasteiger partial charge < -0.3 is 19.5 Å². The summed E-state index contributed by atoms with van der Waals surface area (Å²) in [5, 5.41) is 9.43. The molecule has 0 aromatic heterocycles. The second-order valence-electron chi connectivity index (χ2n) is 4.72. The van der Waals surface area contributed by atoms with E-state index < -0.39 is 17.5 Å². The molecular formula is C16H19NO6. The number of aliphatic hydroxyl groups excluding tert-OH is 1. The van der Waals surface area contributed by atoms with Crippen molar-refractivity contribution in [1.29, 1.82) is 0 Å². The lowest BCUT2D eigenvalue weighted by Crippen LogP contribution is -2.27. The number of likely N-dealkylation sites (N-methyl/N-ethyl adjacent to an activating group) is 1. The third-order valence-electron chi connectivity index (χ3n) is 2.75. The van der Waals surface area contributed by atoms with E-state index in [4.69, 9.17) is 4.74 Å². The Balaban J connectivity index is 2.69. The number of rotatable bonds is 7. The highest BCUT2D eigenvalue weighted by Crippen LogP contribution is 2.13. The fraction of sp³-hybridized carbons (Fsp3) is 0.312. The number of hydrogen-bond acceptors (Lipinski definition) is 6. The number of benzene rings is 1. The number of carbonyl (C=O) groups excluding carboxylic acids is 3. The number of esters is 1. The van der Waals surface area contributed by atoms with Gasteiger partial charge in [-0.3, -0.25) is 9.59 Å². The molecule has 0 bridgehead atoms. The Bertz CT molecular complexity index is 604. The fourth-order valence-corrected chi connectivity index (χ4v) is 1.46. The van der Waals surface area contributed by atoms with Crippen LogP contribution in [0, 0.1) is 0 Å². The van der Waals surface area contributed by atoms with Gasteiger partial charge >= 0.3 is 5.97 Å². The topological polar surface area (TPSA) is 93.1 Å². The van der Waals surface area contributed by atoms with Gasteiger partial charge in [-0.25, -0.2) is 4.79 Å². The normalized spacial score (nSPS) is 10.8. The summed E-state index contributed by atoms with van der Waals surface area (Å²) in [6.07, 6.45) is 0.795. The molecule has 0 atom stereocenters. The zero-order valence-corrected chi connectivity index (χ0v) is 13.2. The summed E-state index contributed by atoms with van der Waals surface area (Å²) in [5.41, 5.74) is 0.257. The number of carbonyl (C=O) groups is 3. The van der Waals surface area contributed by atoms with Gasteiger partial charge in [0.2, 0.25) is 5.76 Å². The average molecular weight is 321 g/mol. The Hall–Kier alpha value is -2.83. The first-order chi connectivity index (χ1) is 10.8. The summed E-state index contributed by atoms with van der Waals surface area (Å²) in [5.74, 6) is -2.02. The van der Waals surface area contributed by atoms with Crippen LogP contribution >= 0.6 is 0 Å². The quantitative estimate of drug-likeness (QED) is 0.352. The molecule has 1 N–H and O–H groups in total. The molecule has 0 unspecified atom stereocenters. The van der Waals surface area contributed by atoms with Gasteiger partial charge in [0.05, 0.1) is 6.61 Å². The molecule has 0 fully saturated rings. The average Bonchev–Trinajstić information content (AvgIpc) is 2.52. The van der Waals surface area contributed by atoms with E-state index in [-0.39, 0.29) is 24.7 Å². The first-order valence-electron chi connectivity index (χ1n) is 6.90. The van der Waals surface area contributed by atoms with E-state index >= 15 is 0 Å². The van der Waals surface area contributed by atoms with E-state index in [9.17, 15) is 19.5 Å². The van der Waals surface area contributed by atoms with Crippen LogP contribution in [0.25, 0.3) is 0 Å². The Morgan fingerprint density at radius 3 is 2.30 bits per heavy atom. The maximum absolute atomic E-state index is 11.9. The van der Waals surface area contributed by atoms with Gasteiger partial charge in [-0.2, -0.15) is 0 Å². The summed E-state index contributed by atoms with van der Waals surface area (Å²) in [4.78, 5) is 35.9. The summed E-state index contributed by atoms with van der Waals surface area (Å²) in [7, 11) is 3.24. The van der Waals surface area contributed by atoms with Crippen LogP contribution in [0.1, 0.15) is 17.3 Å². The zero-order chi connectivity index (χ0) is 17.4. The van der Waals surface area contributed by atoms with E-state index in [1.807, 2.05) is 0 Å². The molecule has 1 amide bonds. The molecular weight excluding hydrogens is 302 g/mol. The van der Waals surface area contributed by atoms with Gasteiger partial charge in [0.25, 0.3) is 5.91 Å². The van der Waals surface area contributed by atoms with Gasteiger partial charge in [-0.1, -0.05) is 0 Å². The van der Waals surface area contributed by atoms with Crippen molar-refractivity contribution in [3.63, 3.8) is 0 Å². The highest BCUT2D eigenvalue weighted by Gasteiger charge is 2.12. The van der Waals surface area contributed by atoms with Gasteiger partial charge in [0.1, 0.15) is 5.75 Å². The lowest BCUT2D eigenvalue weighted by Gasteiger charge is -2.11. The predicted molar refractivity (Wildman–Crippen MR) is 82.3 cm³/mol. The van der Waals surface area contributed by atoms with Gasteiger partial charge in [0, 0.05) is 25.7 Å². The number of amides is 1. The maximum atomic E-state index is 11.9. The zero-order valence-electron chi connectivity index (χ0n) is 13.2. The van der Waals surface area contributed by atoms with Gasteiger partial charge in [-0.15, -0.1) is 0 Å². The number of ketones is 1. The van der Waals surface area contributed by atoms with Crippen LogP contribution in [0.15, 0.2) is 36.1 Å². The standard InChI is InChI=1S/C16H19NO6/c1-4-22-16(21)14(19)9-13(18)11-5-7-12(8-6-11)23-10-15(20)17(2)3/h5-9,19H,4,10H2,1-3H3/b14-9-. The molecule has 7 nitrogen and oxygen atoms in total. The summed E-state index contributed by atoms with van der Waals surface area (Å²) >= 11 is 0. The van der Waals surface area contributed by atoms with E-state index in [0.29, 0.717) is 5.75 Å². The SMILES string of the molecule is CCOC(=O)/C(O)=C/C(=O)c1ccc(OCC(=O)N(C)C)cc1. The Kier molecular flexibility index (Phi) is 6.79. The minimum atomic E-state index is -0.956. The third kappa shape index (κ3) is 5.82. The molecule has 0 aliphatic carbocycles. The van der Waals surface area contributed by atoms with Crippen molar-refractivity contribution in [2.24, 2.45) is 0 Å². The molecule has 0 radical (unpaired) electrons. The van der Waals surface area contributed by atoms with E-state index in [0.717, 1.165) is 6.08 Å². The molecule has 1 aromatic rings. The molecule has 0 saturated carbocycles. The second-order valence-corrected chi connectivity index (χ2v) is 4.72. The van der Waals surface area contributed by atoms with Crippen LogP contribution in [0.3, 0.4) is 0 Å². The Morgan fingerprint density at radius 1 is 1.17 bits per heavy atom. The highest BCUT2D eigenvalue weighted by atomic mass is 16.5. The first kappa shape index (κ1) is 18.2. The summed E-state index contributed by atoms with van der Waals surface area (Å²) < 4.78 is 9.84. The monoisotopic (exact) mass is 321 g/mol. The van der Waals surface area contributed by atoms with Crippen LogP contribution in [0.4, 0.5) is 0 Å².